The van der Waals surface area contributed by atoms with Gasteiger partial charge in [0.25, 0.3) is 0 Å². The molecule has 0 atom stereocenters. The summed E-state index contributed by atoms with van der Waals surface area (Å²) in [4.78, 5) is 0. The first-order chi connectivity index (χ1) is 6.14. The fourth-order valence-electron chi connectivity index (χ4n) is 1.34. The van der Waals surface area contributed by atoms with Gasteiger partial charge in [0.15, 0.2) is 0 Å². The number of allylic oxidation sites excluding steroid dienone is 2. The van der Waals surface area contributed by atoms with Gasteiger partial charge in [0.2, 0.25) is 0 Å². The summed E-state index contributed by atoms with van der Waals surface area (Å²) in [5.41, 5.74) is 2.27. The van der Waals surface area contributed by atoms with Crippen molar-refractivity contribution >= 4 is 0 Å². The van der Waals surface area contributed by atoms with Crippen molar-refractivity contribution in [3.63, 3.8) is 0 Å². The van der Waals surface area contributed by atoms with Crippen molar-refractivity contribution in [3.8, 4) is 0 Å². The van der Waals surface area contributed by atoms with Crippen LogP contribution in [0.25, 0.3) is 0 Å². The Kier molecular flexibility index (Phi) is 8.77. The predicted molar refractivity (Wildman–Crippen MR) is 65.2 cm³/mol. The van der Waals surface area contributed by atoms with Gasteiger partial charge in [-0.3, -0.25) is 5.57 Å². The third kappa shape index (κ3) is 12.8. The van der Waals surface area contributed by atoms with Gasteiger partial charge >= 0.3 is 0 Å². The van der Waals surface area contributed by atoms with Gasteiger partial charge in [-0.2, -0.15) is 6.42 Å². The molecule has 0 bridgehead atoms. The first kappa shape index (κ1) is 18.2. The molecule has 0 amide bonds. The zero-order valence-corrected chi connectivity index (χ0v) is 14.5. The molecule has 0 aliphatic carbocycles. The zero-order chi connectivity index (χ0) is 11.4. The molecule has 0 aromatic rings. The smallest absolute Gasteiger partial charge is 0 e. The summed E-state index contributed by atoms with van der Waals surface area (Å²) in [6.07, 6.45) is 6.98. The minimum atomic E-state index is 0. The van der Waals surface area contributed by atoms with Crippen LogP contribution in [0.2, 0.25) is 0 Å². The Morgan fingerprint density at radius 2 is 1.40 bits per heavy atom. The van der Waals surface area contributed by atoms with E-state index in [1.807, 2.05) is 0 Å². The quantitative estimate of drug-likeness (QED) is 0.640. The van der Waals surface area contributed by atoms with Crippen LogP contribution in [0.3, 0.4) is 0 Å². The van der Waals surface area contributed by atoms with E-state index < -0.39 is 0 Å². The van der Waals surface area contributed by atoms with Crippen LogP contribution < -0.4 is 0 Å². The molecule has 0 aliphatic rings. The molecule has 0 nitrogen and oxygen atoms in total. The molecular weight excluding hydrogens is 257 g/mol. The van der Waals surface area contributed by atoms with Crippen molar-refractivity contribution in [1.29, 1.82) is 0 Å². The molecule has 0 aromatic carbocycles. The minimum absolute atomic E-state index is 0. The van der Waals surface area contributed by atoms with Crippen molar-refractivity contribution in [2.45, 2.75) is 67.7 Å². The molecule has 0 aromatic heterocycles. The van der Waals surface area contributed by atoms with Crippen LogP contribution in [0, 0.1) is 16.9 Å². The van der Waals surface area contributed by atoms with Crippen LogP contribution in [-0.4, -0.2) is 0 Å². The molecule has 0 saturated heterocycles. The van der Waals surface area contributed by atoms with Crippen LogP contribution in [0.4, 0.5) is 0 Å². The maximum absolute atomic E-state index is 3.58. The van der Waals surface area contributed by atoms with Crippen LogP contribution in [0.15, 0.2) is 5.57 Å². The molecule has 15 heavy (non-hydrogen) atoms. The molecule has 0 unspecified atom stereocenters. The van der Waals surface area contributed by atoms with E-state index in [4.69, 9.17) is 0 Å². The molecule has 0 heterocycles. The van der Waals surface area contributed by atoms with Crippen molar-refractivity contribution in [3.05, 3.63) is 11.6 Å². The van der Waals surface area contributed by atoms with Crippen LogP contribution in [0.5, 0.6) is 0 Å². The van der Waals surface area contributed by atoms with Gasteiger partial charge < -0.3 is 6.08 Å². The van der Waals surface area contributed by atoms with Gasteiger partial charge in [0.05, 0.1) is 0 Å². The van der Waals surface area contributed by atoms with E-state index in [2.05, 4.69) is 54.5 Å². The van der Waals surface area contributed by atoms with Gasteiger partial charge in [-0.1, -0.05) is 66.7 Å². The van der Waals surface area contributed by atoms with E-state index in [9.17, 15) is 0 Å². The van der Waals surface area contributed by atoms with E-state index >= 15 is 0 Å². The van der Waals surface area contributed by atoms with Crippen LogP contribution in [0.1, 0.15) is 67.7 Å². The fourth-order valence-corrected chi connectivity index (χ4v) is 1.34. The van der Waals surface area contributed by atoms with Crippen molar-refractivity contribution < 1.29 is 32.7 Å². The topological polar surface area (TPSA) is 0 Å². The van der Waals surface area contributed by atoms with Gasteiger partial charge in [-0.25, -0.2) is 0 Å². The summed E-state index contributed by atoms with van der Waals surface area (Å²) in [7, 11) is 0. The van der Waals surface area contributed by atoms with E-state index in [1.54, 1.807) is 0 Å². The van der Waals surface area contributed by atoms with Gasteiger partial charge in [0, 0.05) is 32.7 Å². The second-order valence-electron chi connectivity index (χ2n) is 6.61. The molecule has 0 N–H and O–H groups in total. The predicted octanol–water partition coefficient (Wildman–Crippen LogP) is 5.00. The average Bonchev–Trinajstić information content (AvgIpc) is 1.94. The maximum Gasteiger partial charge on any atom is 0 e. The summed E-state index contributed by atoms with van der Waals surface area (Å²) >= 11 is 0. The third-order valence-corrected chi connectivity index (χ3v) is 2.04. The van der Waals surface area contributed by atoms with Crippen molar-refractivity contribution in [1.82, 2.24) is 0 Å². The van der Waals surface area contributed by atoms with E-state index in [1.165, 1.54) is 12.0 Å². The number of rotatable bonds is 3. The van der Waals surface area contributed by atoms with E-state index in [0.29, 0.717) is 10.8 Å². The van der Waals surface area contributed by atoms with Crippen LogP contribution >= 0.6 is 0 Å². The van der Waals surface area contributed by atoms with E-state index in [-0.39, 0.29) is 32.7 Å². The second kappa shape index (κ2) is 7.22. The molecule has 0 aliphatic heterocycles. The molecule has 0 fully saturated rings. The summed E-state index contributed by atoms with van der Waals surface area (Å²) in [6.45, 7) is 15.9. The fraction of sp³-hybridized carbons (Fsp3) is 0.857. The molecule has 0 saturated carbocycles. The van der Waals surface area contributed by atoms with Gasteiger partial charge in [0.1, 0.15) is 0 Å². The maximum atomic E-state index is 3.58. The monoisotopic (exact) mass is 284 g/mol. The number of hydrogen-bond donors (Lipinski definition) is 0. The largest absolute Gasteiger partial charge is 0.497 e. The Balaban J connectivity index is 0. The molecular formula is C14H27Y-. The molecule has 0 rings (SSSR count). The van der Waals surface area contributed by atoms with Crippen LogP contribution in [-0.2, 0) is 32.7 Å². The summed E-state index contributed by atoms with van der Waals surface area (Å²) in [6, 6.07) is 0. The Hall–Kier alpha value is 0.844. The van der Waals surface area contributed by atoms with Gasteiger partial charge in [-0.05, 0) is 5.41 Å². The van der Waals surface area contributed by atoms with Crippen molar-refractivity contribution in [2.75, 3.05) is 0 Å². The van der Waals surface area contributed by atoms with Gasteiger partial charge in [-0.15, -0.1) is 0 Å². The molecule has 1 heteroatoms. The first-order valence-corrected chi connectivity index (χ1v) is 5.72. The van der Waals surface area contributed by atoms with Crippen molar-refractivity contribution in [2.24, 2.45) is 10.8 Å². The second-order valence-corrected chi connectivity index (χ2v) is 6.61. The Morgan fingerprint density at radius 1 is 0.933 bits per heavy atom. The molecule has 0 spiro atoms. The molecule has 1 radical (unpaired) electrons. The third-order valence-electron chi connectivity index (χ3n) is 2.04. The zero-order valence-electron chi connectivity index (χ0n) is 11.7. The van der Waals surface area contributed by atoms with E-state index in [0.717, 1.165) is 12.8 Å². The SMILES string of the molecule is CCC(=[C-]CC(C)(C)C)CC(C)(C)C.[Y]. The average molecular weight is 284 g/mol. The minimum Gasteiger partial charge on any atom is -0.497 e. The Labute approximate surface area is 122 Å². The Morgan fingerprint density at radius 3 is 1.67 bits per heavy atom. The Bertz CT molecular complexity index is 188. The normalized spacial score (nSPS) is 13.7. The summed E-state index contributed by atoms with van der Waals surface area (Å²) < 4.78 is 0. The number of hydrogen-bond acceptors (Lipinski definition) is 0. The molecule has 87 valence electrons. The first-order valence-electron chi connectivity index (χ1n) is 5.72. The standard InChI is InChI=1S/C14H27.Y/c1-8-12(11-14(5,6)7)9-10-13(2,3)4;/h8,10-11H2,1-7H3;/q-1;. The summed E-state index contributed by atoms with van der Waals surface area (Å²) in [5, 5.41) is 0. The summed E-state index contributed by atoms with van der Waals surface area (Å²) in [5.74, 6) is 0.